The molecule has 5 heteroatoms. The van der Waals surface area contributed by atoms with Gasteiger partial charge in [0.25, 0.3) is 0 Å². The van der Waals surface area contributed by atoms with Gasteiger partial charge in [0, 0.05) is 6.54 Å². The van der Waals surface area contributed by atoms with E-state index in [-0.39, 0.29) is 5.56 Å². The van der Waals surface area contributed by atoms with Crippen LogP contribution < -0.4 is 4.74 Å². The molecule has 0 aliphatic carbocycles. The lowest BCUT2D eigenvalue weighted by molar-refractivity contribution is -0.137. The maximum atomic E-state index is 13.3. The number of ether oxygens (including phenoxy) is 1. The Hall–Kier alpha value is -2.01. The minimum Gasteiger partial charge on any atom is -0.492 e. The van der Waals surface area contributed by atoms with Gasteiger partial charge in [0.1, 0.15) is 12.4 Å². The highest BCUT2D eigenvalue weighted by atomic mass is 19.4. The molecule has 2 nitrogen and oxygen atoms in total. The number of hydrogen-bond donors (Lipinski definition) is 0. The maximum Gasteiger partial charge on any atom is 0.417 e. The minimum absolute atomic E-state index is 0.196. The maximum absolute atomic E-state index is 13.3. The van der Waals surface area contributed by atoms with Gasteiger partial charge in [0.05, 0.1) is 5.56 Å². The number of hydrogen-bond acceptors (Lipinski definition) is 2. The van der Waals surface area contributed by atoms with Gasteiger partial charge in [-0.05, 0) is 62.2 Å². The van der Waals surface area contributed by atoms with Gasteiger partial charge in [0.15, 0.2) is 0 Å². The highest BCUT2D eigenvalue weighted by Gasteiger charge is 2.33. The van der Waals surface area contributed by atoms with Crippen molar-refractivity contribution in [3.05, 3.63) is 53.6 Å². The van der Waals surface area contributed by atoms with Crippen molar-refractivity contribution in [1.82, 2.24) is 4.90 Å². The lowest BCUT2D eigenvalue weighted by Crippen LogP contribution is -2.25. The third-order valence-corrected chi connectivity index (χ3v) is 4.52. The molecule has 1 fully saturated rings. The molecule has 1 saturated heterocycles. The van der Waals surface area contributed by atoms with E-state index in [1.54, 1.807) is 37.3 Å². The molecule has 0 saturated carbocycles. The first-order valence-electron chi connectivity index (χ1n) is 8.57. The van der Waals surface area contributed by atoms with Crippen LogP contribution in [0.5, 0.6) is 5.75 Å². The van der Waals surface area contributed by atoms with Gasteiger partial charge in [-0.25, -0.2) is 0 Å². The van der Waals surface area contributed by atoms with Crippen molar-refractivity contribution in [2.45, 2.75) is 25.9 Å². The van der Waals surface area contributed by atoms with Crippen LogP contribution in [-0.4, -0.2) is 31.1 Å². The van der Waals surface area contributed by atoms with Crippen molar-refractivity contribution in [3.8, 4) is 16.9 Å². The summed E-state index contributed by atoms with van der Waals surface area (Å²) in [4.78, 5) is 2.36. The Morgan fingerprint density at radius 3 is 2.32 bits per heavy atom. The van der Waals surface area contributed by atoms with E-state index in [0.717, 1.165) is 19.6 Å². The summed E-state index contributed by atoms with van der Waals surface area (Å²) in [5.41, 5.74) is 0.731. The van der Waals surface area contributed by atoms with Crippen LogP contribution in [-0.2, 0) is 6.18 Å². The molecule has 1 aliphatic heterocycles. The van der Waals surface area contributed by atoms with E-state index >= 15 is 0 Å². The zero-order valence-corrected chi connectivity index (χ0v) is 14.3. The molecule has 0 amide bonds. The van der Waals surface area contributed by atoms with Gasteiger partial charge in [-0.2, -0.15) is 13.2 Å². The molecule has 1 aliphatic rings. The smallest absolute Gasteiger partial charge is 0.417 e. The number of alkyl halides is 3. The van der Waals surface area contributed by atoms with E-state index < -0.39 is 11.7 Å². The first-order valence-corrected chi connectivity index (χ1v) is 8.57. The predicted octanol–water partition coefficient (Wildman–Crippen LogP) is 5.16. The van der Waals surface area contributed by atoms with Crippen molar-refractivity contribution < 1.29 is 17.9 Å². The number of benzene rings is 2. The van der Waals surface area contributed by atoms with E-state index in [1.807, 2.05) is 0 Å². The number of aryl methyl sites for hydroxylation is 1. The Balaban J connectivity index is 1.70. The van der Waals surface area contributed by atoms with Gasteiger partial charge in [-0.3, -0.25) is 4.90 Å². The third-order valence-electron chi connectivity index (χ3n) is 4.52. The number of nitrogens with zero attached hydrogens (tertiary/aromatic N) is 1. The van der Waals surface area contributed by atoms with Crippen LogP contribution in [0.3, 0.4) is 0 Å². The standard InChI is InChI=1S/C20H22F3NO/c1-15-4-9-18(19(14-15)20(21,22)23)16-5-7-17(8-6-16)25-13-12-24-10-2-3-11-24/h4-9,14H,2-3,10-13H2,1H3. The Labute approximate surface area is 146 Å². The number of likely N-dealkylation sites (tertiary alicyclic amines) is 1. The monoisotopic (exact) mass is 349 g/mol. The SMILES string of the molecule is Cc1ccc(-c2ccc(OCCN3CCCC3)cc2)c(C(F)(F)F)c1. The fourth-order valence-electron chi connectivity index (χ4n) is 3.17. The second kappa shape index (κ2) is 7.48. The summed E-state index contributed by atoms with van der Waals surface area (Å²) in [6.45, 7) is 5.39. The Morgan fingerprint density at radius 2 is 1.68 bits per heavy atom. The molecular weight excluding hydrogens is 327 g/mol. The van der Waals surface area contributed by atoms with Crippen LogP contribution in [0.1, 0.15) is 24.0 Å². The highest BCUT2D eigenvalue weighted by Crippen LogP contribution is 2.38. The van der Waals surface area contributed by atoms with Crippen LogP contribution >= 0.6 is 0 Å². The van der Waals surface area contributed by atoms with Crippen molar-refractivity contribution in [2.24, 2.45) is 0 Å². The molecule has 3 rings (SSSR count). The normalized spacial score (nSPS) is 15.5. The van der Waals surface area contributed by atoms with Crippen molar-refractivity contribution in [3.63, 3.8) is 0 Å². The minimum atomic E-state index is -4.37. The Morgan fingerprint density at radius 1 is 1.00 bits per heavy atom. The van der Waals surface area contributed by atoms with E-state index in [4.69, 9.17) is 4.74 Å². The first kappa shape index (κ1) is 17.8. The summed E-state index contributed by atoms with van der Waals surface area (Å²) in [7, 11) is 0. The molecule has 0 atom stereocenters. The fourth-order valence-corrected chi connectivity index (χ4v) is 3.17. The topological polar surface area (TPSA) is 12.5 Å². The molecule has 134 valence electrons. The summed E-state index contributed by atoms with van der Waals surface area (Å²) in [5, 5.41) is 0. The molecule has 0 aromatic heterocycles. The highest BCUT2D eigenvalue weighted by molar-refractivity contribution is 5.69. The largest absolute Gasteiger partial charge is 0.492 e. The quantitative estimate of drug-likeness (QED) is 0.740. The summed E-state index contributed by atoms with van der Waals surface area (Å²) >= 11 is 0. The van der Waals surface area contributed by atoms with E-state index in [1.165, 1.54) is 25.0 Å². The molecule has 0 bridgehead atoms. The van der Waals surface area contributed by atoms with Crippen molar-refractivity contribution in [2.75, 3.05) is 26.2 Å². The molecule has 0 radical (unpaired) electrons. The van der Waals surface area contributed by atoms with Gasteiger partial charge >= 0.3 is 6.18 Å². The van der Waals surface area contributed by atoms with Crippen LogP contribution in [0.15, 0.2) is 42.5 Å². The van der Waals surface area contributed by atoms with Gasteiger partial charge in [0.2, 0.25) is 0 Å². The number of rotatable bonds is 5. The number of halogens is 3. The molecule has 1 heterocycles. The molecule has 2 aromatic rings. The first-order chi connectivity index (χ1) is 11.9. The van der Waals surface area contributed by atoms with Crippen LogP contribution in [0.4, 0.5) is 13.2 Å². The average Bonchev–Trinajstić information content (AvgIpc) is 3.08. The predicted molar refractivity (Wildman–Crippen MR) is 92.8 cm³/mol. The molecule has 0 N–H and O–H groups in total. The van der Waals surface area contributed by atoms with Crippen LogP contribution in [0.25, 0.3) is 11.1 Å². The summed E-state index contributed by atoms with van der Waals surface area (Å²) in [5.74, 6) is 0.684. The van der Waals surface area contributed by atoms with E-state index in [9.17, 15) is 13.2 Å². The second-order valence-electron chi connectivity index (χ2n) is 6.47. The zero-order chi connectivity index (χ0) is 17.9. The third kappa shape index (κ3) is 4.54. The van der Waals surface area contributed by atoms with Gasteiger partial charge in [-0.15, -0.1) is 0 Å². The van der Waals surface area contributed by atoms with E-state index in [0.29, 0.717) is 23.5 Å². The lowest BCUT2D eigenvalue weighted by Gasteiger charge is -2.16. The molecule has 0 spiro atoms. The van der Waals surface area contributed by atoms with Crippen molar-refractivity contribution in [1.29, 1.82) is 0 Å². The Bertz CT molecular complexity index is 704. The van der Waals surface area contributed by atoms with Gasteiger partial charge < -0.3 is 4.74 Å². The van der Waals surface area contributed by atoms with Crippen LogP contribution in [0, 0.1) is 6.92 Å². The molecule has 25 heavy (non-hydrogen) atoms. The second-order valence-corrected chi connectivity index (χ2v) is 6.47. The van der Waals surface area contributed by atoms with Gasteiger partial charge in [-0.1, -0.05) is 29.8 Å². The zero-order valence-electron chi connectivity index (χ0n) is 14.3. The summed E-state index contributed by atoms with van der Waals surface area (Å²) in [6.07, 6.45) is -1.88. The Kier molecular flexibility index (Phi) is 5.33. The summed E-state index contributed by atoms with van der Waals surface area (Å²) in [6, 6.07) is 11.3. The van der Waals surface area contributed by atoms with Crippen LogP contribution in [0.2, 0.25) is 0 Å². The molecule has 2 aromatic carbocycles. The fraction of sp³-hybridized carbons (Fsp3) is 0.400. The van der Waals surface area contributed by atoms with E-state index in [2.05, 4.69) is 4.90 Å². The molecule has 0 unspecified atom stereocenters. The average molecular weight is 349 g/mol. The molecular formula is C20H22F3NO. The summed E-state index contributed by atoms with van der Waals surface area (Å²) < 4.78 is 45.5. The lowest BCUT2D eigenvalue weighted by atomic mass is 9.97. The van der Waals surface area contributed by atoms with Crippen molar-refractivity contribution >= 4 is 0 Å².